The lowest BCUT2D eigenvalue weighted by molar-refractivity contribution is 0.542. The molecule has 1 saturated heterocycles. The summed E-state index contributed by atoms with van der Waals surface area (Å²) in [5, 5.41) is -0.409. The van der Waals surface area contributed by atoms with E-state index in [0.717, 1.165) is 18.4 Å². The largest absolute Gasteiger partial charge is 0.326 e. The lowest BCUT2D eigenvalue weighted by Gasteiger charge is -2.21. The van der Waals surface area contributed by atoms with Crippen molar-refractivity contribution in [2.45, 2.75) is 31.1 Å². The highest BCUT2D eigenvalue weighted by molar-refractivity contribution is 7.91. The van der Waals surface area contributed by atoms with Crippen molar-refractivity contribution in [3.05, 3.63) is 29.6 Å². The van der Waals surface area contributed by atoms with E-state index in [4.69, 9.17) is 5.73 Å². The van der Waals surface area contributed by atoms with E-state index in [9.17, 15) is 8.42 Å². The van der Waals surface area contributed by atoms with Gasteiger partial charge in [0.1, 0.15) is 5.25 Å². The molecular formula is C11H16N2O2S. The van der Waals surface area contributed by atoms with Gasteiger partial charge in [0.2, 0.25) is 0 Å². The van der Waals surface area contributed by atoms with E-state index in [2.05, 4.69) is 4.98 Å². The SMILES string of the molecule is NCc1ccc(C2CCCCS2(=O)=O)nc1. The zero-order chi connectivity index (χ0) is 11.6. The highest BCUT2D eigenvalue weighted by atomic mass is 32.2. The van der Waals surface area contributed by atoms with Crippen LogP contribution in [0.2, 0.25) is 0 Å². The zero-order valence-electron chi connectivity index (χ0n) is 9.09. The molecule has 0 amide bonds. The summed E-state index contributed by atoms with van der Waals surface area (Å²) in [6, 6.07) is 3.64. The van der Waals surface area contributed by atoms with Gasteiger partial charge in [-0.2, -0.15) is 0 Å². The molecule has 1 aromatic heterocycles. The molecule has 2 rings (SSSR count). The molecule has 1 aliphatic rings. The lowest BCUT2D eigenvalue weighted by atomic mass is 10.1. The first-order valence-electron chi connectivity index (χ1n) is 5.50. The Labute approximate surface area is 95.8 Å². The molecule has 0 aromatic carbocycles. The van der Waals surface area contributed by atoms with Gasteiger partial charge in [-0.05, 0) is 24.5 Å². The van der Waals surface area contributed by atoms with Crippen molar-refractivity contribution >= 4 is 9.84 Å². The van der Waals surface area contributed by atoms with Crippen LogP contribution in [0, 0.1) is 0 Å². The Morgan fingerprint density at radius 1 is 1.38 bits per heavy atom. The van der Waals surface area contributed by atoms with Crippen molar-refractivity contribution in [3.8, 4) is 0 Å². The Kier molecular flexibility index (Phi) is 3.25. The molecule has 1 aromatic rings. The molecule has 0 radical (unpaired) electrons. The van der Waals surface area contributed by atoms with E-state index in [-0.39, 0.29) is 5.75 Å². The van der Waals surface area contributed by atoms with Gasteiger partial charge in [-0.25, -0.2) is 8.42 Å². The van der Waals surface area contributed by atoms with Crippen LogP contribution in [0.25, 0.3) is 0 Å². The monoisotopic (exact) mass is 240 g/mol. The van der Waals surface area contributed by atoms with Crippen molar-refractivity contribution in [2.24, 2.45) is 5.73 Å². The van der Waals surface area contributed by atoms with E-state index in [1.165, 1.54) is 0 Å². The predicted octanol–water partition coefficient (Wildman–Crippen LogP) is 1.18. The third-order valence-corrected chi connectivity index (χ3v) is 5.19. The Morgan fingerprint density at radius 3 is 2.75 bits per heavy atom. The minimum Gasteiger partial charge on any atom is -0.326 e. The zero-order valence-corrected chi connectivity index (χ0v) is 9.91. The van der Waals surface area contributed by atoms with Gasteiger partial charge < -0.3 is 5.73 Å². The fraction of sp³-hybridized carbons (Fsp3) is 0.545. The maximum absolute atomic E-state index is 11.9. The van der Waals surface area contributed by atoms with Gasteiger partial charge in [0.25, 0.3) is 0 Å². The quantitative estimate of drug-likeness (QED) is 0.842. The smallest absolute Gasteiger partial charge is 0.158 e. The molecule has 88 valence electrons. The van der Waals surface area contributed by atoms with Gasteiger partial charge in [-0.1, -0.05) is 12.5 Å². The summed E-state index contributed by atoms with van der Waals surface area (Å²) >= 11 is 0. The summed E-state index contributed by atoms with van der Waals surface area (Å²) in [5.74, 6) is 0.290. The van der Waals surface area contributed by atoms with Crippen LogP contribution in [0.1, 0.15) is 35.8 Å². The van der Waals surface area contributed by atoms with Gasteiger partial charge in [0, 0.05) is 12.7 Å². The molecule has 0 aliphatic carbocycles. The summed E-state index contributed by atoms with van der Waals surface area (Å²) in [5.41, 5.74) is 7.06. The minimum absolute atomic E-state index is 0.290. The molecule has 0 bridgehead atoms. The van der Waals surface area contributed by atoms with Crippen molar-refractivity contribution in [2.75, 3.05) is 5.75 Å². The lowest BCUT2D eigenvalue weighted by Crippen LogP contribution is -2.22. The third kappa shape index (κ3) is 2.25. The number of nitrogens with two attached hydrogens (primary N) is 1. The first-order chi connectivity index (χ1) is 7.63. The number of aromatic nitrogens is 1. The minimum atomic E-state index is -2.99. The van der Waals surface area contributed by atoms with E-state index in [0.29, 0.717) is 18.7 Å². The van der Waals surface area contributed by atoms with Crippen LogP contribution in [0.5, 0.6) is 0 Å². The van der Waals surface area contributed by atoms with E-state index >= 15 is 0 Å². The molecule has 5 heteroatoms. The Balaban J connectivity index is 2.28. The number of hydrogen-bond donors (Lipinski definition) is 1. The molecule has 4 nitrogen and oxygen atoms in total. The normalized spacial score (nSPS) is 24.2. The number of rotatable bonds is 2. The summed E-state index contributed by atoms with van der Waals surface area (Å²) in [6.45, 7) is 0.435. The molecule has 1 atom stereocenters. The standard InChI is InChI=1S/C11H16N2O2S/c12-7-9-4-5-10(13-8-9)11-3-1-2-6-16(11,14)15/h4-5,8,11H,1-3,6-7,12H2. The maximum Gasteiger partial charge on any atom is 0.158 e. The second-order valence-electron chi connectivity index (χ2n) is 4.15. The summed E-state index contributed by atoms with van der Waals surface area (Å²) in [6.07, 6.45) is 4.10. The fourth-order valence-corrected chi connectivity index (χ4v) is 3.96. The first-order valence-corrected chi connectivity index (χ1v) is 7.21. The van der Waals surface area contributed by atoms with Crippen LogP contribution in [0.4, 0.5) is 0 Å². The second kappa shape index (κ2) is 4.51. The van der Waals surface area contributed by atoms with Crippen LogP contribution in [0.15, 0.2) is 18.3 Å². The Bertz CT molecular complexity index is 453. The highest BCUT2D eigenvalue weighted by Gasteiger charge is 2.30. The van der Waals surface area contributed by atoms with Crippen molar-refractivity contribution in [1.82, 2.24) is 4.98 Å². The van der Waals surface area contributed by atoms with E-state index < -0.39 is 15.1 Å². The predicted molar refractivity (Wildman–Crippen MR) is 62.5 cm³/mol. The highest BCUT2D eigenvalue weighted by Crippen LogP contribution is 2.32. The summed E-state index contributed by atoms with van der Waals surface area (Å²) < 4.78 is 23.7. The van der Waals surface area contributed by atoms with Crippen molar-refractivity contribution < 1.29 is 8.42 Å². The average molecular weight is 240 g/mol. The summed E-state index contributed by atoms with van der Waals surface area (Å²) in [7, 11) is -2.99. The maximum atomic E-state index is 11.9. The Morgan fingerprint density at radius 2 is 2.19 bits per heavy atom. The number of hydrogen-bond acceptors (Lipinski definition) is 4. The molecule has 2 heterocycles. The van der Waals surface area contributed by atoms with E-state index in [1.807, 2.05) is 6.07 Å². The van der Waals surface area contributed by atoms with E-state index in [1.54, 1.807) is 12.3 Å². The topological polar surface area (TPSA) is 73.1 Å². The van der Waals surface area contributed by atoms with Crippen LogP contribution in [-0.2, 0) is 16.4 Å². The summed E-state index contributed by atoms with van der Waals surface area (Å²) in [4.78, 5) is 4.21. The molecule has 1 unspecified atom stereocenters. The van der Waals surface area contributed by atoms with Gasteiger partial charge in [0.05, 0.1) is 11.4 Å². The number of pyridine rings is 1. The number of sulfone groups is 1. The fourth-order valence-electron chi connectivity index (χ4n) is 2.03. The molecule has 1 aliphatic heterocycles. The first kappa shape index (κ1) is 11.5. The molecule has 0 spiro atoms. The van der Waals surface area contributed by atoms with Crippen LogP contribution >= 0.6 is 0 Å². The molecule has 16 heavy (non-hydrogen) atoms. The Hall–Kier alpha value is -0.940. The van der Waals surface area contributed by atoms with Gasteiger partial charge in [-0.3, -0.25) is 4.98 Å². The van der Waals surface area contributed by atoms with Crippen LogP contribution in [-0.4, -0.2) is 19.2 Å². The number of nitrogens with zero attached hydrogens (tertiary/aromatic N) is 1. The van der Waals surface area contributed by atoms with Crippen molar-refractivity contribution in [1.29, 1.82) is 0 Å². The average Bonchev–Trinajstić information content (AvgIpc) is 2.29. The van der Waals surface area contributed by atoms with Gasteiger partial charge in [0.15, 0.2) is 9.84 Å². The molecular weight excluding hydrogens is 224 g/mol. The van der Waals surface area contributed by atoms with Crippen LogP contribution < -0.4 is 5.73 Å². The van der Waals surface area contributed by atoms with Gasteiger partial charge in [-0.15, -0.1) is 0 Å². The molecule has 2 N–H and O–H groups in total. The third-order valence-electron chi connectivity index (χ3n) is 2.99. The van der Waals surface area contributed by atoms with Crippen LogP contribution in [0.3, 0.4) is 0 Å². The van der Waals surface area contributed by atoms with Gasteiger partial charge >= 0.3 is 0 Å². The van der Waals surface area contributed by atoms with Crippen molar-refractivity contribution in [3.63, 3.8) is 0 Å². The molecule has 0 saturated carbocycles. The molecule has 1 fully saturated rings. The second-order valence-corrected chi connectivity index (χ2v) is 6.45.